The zero-order valence-corrected chi connectivity index (χ0v) is 20.0. The average Bonchev–Trinajstić information content (AvgIpc) is 3.30. The molecule has 7 heteroatoms. The normalized spacial score (nSPS) is 18.5. The second-order valence-corrected chi connectivity index (χ2v) is 9.18. The summed E-state index contributed by atoms with van der Waals surface area (Å²) in [5.41, 5.74) is 4.77. The molecule has 1 saturated heterocycles. The molecule has 0 spiro atoms. The Hall–Kier alpha value is -3.71. The average molecular weight is 472 g/mol. The number of amides is 1. The molecule has 1 aliphatic rings. The third-order valence-electron chi connectivity index (χ3n) is 6.91. The van der Waals surface area contributed by atoms with E-state index >= 15 is 0 Å². The van der Waals surface area contributed by atoms with Gasteiger partial charge < -0.3 is 10.6 Å². The first kappa shape index (κ1) is 23.1. The second kappa shape index (κ2) is 9.88. The van der Waals surface area contributed by atoms with E-state index in [9.17, 15) is 9.18 Å². The quantitative estimate of drug-likeness (QED) is 0.344. The molecule has 2 unspecified atom stereocenters. The number of anilines is 2. The molecule has 6 nitrogen and oxygen atoms in total. The van der Waals surface area contributed by atoms with Crippen molar-refractivity contribution >= 4 is 28.2 Å². The Morgan fingerprint density at radius 1 is 1.14 bits per heavy atom. The molecule has 5 rings (SSSR count). The summed E-state index contributed by atoms with van der Waals surface area (Å²) in [6, 6.07) is 20.6. The van der Waals surface area contributed by atoms with Crippen LogP contribution in [0.25, 0.3) is 10.9 Å². The summed E-state index contributed by atoms with van der Waals surface area (Å²) >= 11 is 0. The standard InChI is InChI=1S/C28H30FN5O/c1-3-18-10-7-11-23(29)26(18)30-20-12-13-22-24(16-20)32-33-27(22)25-17-21(14-15-34(25)2)31-28(35)19-8-5-4-6-9-19/h4-13,16,21,25,30H,3,14-15,17H2,1-2H3,(H,31,35)(H,32,33). The highest BCUT2D eigenvalue weighted by Crippen LogP contribution is 2.34. The Morgan fingerprint density at radius 3 is 2.77 bits per heavy atom. The van der Waals surface area contributed by atoms with Gasteiger partial charge in [-0.25, -0.2) is 4.39 Å². The van der Waals surface area contributed by atoms with Gasteiger partial charge in [-0.05, 0) is 68.3 Å². The molecule has 0 radical (unpaired) electrons. The SMILES string of the molecule is CCc1cccc(F)c1Nc1ccc2c(C3CC(NC(=O)c4ccccc4)CCN3C)[nH]nc2c1. The van der Waals surface area contributed by atoms with E-state index in [1.807, 2.05) is 61.5 Å². The molecule has 0 aliphatic carbocycles. The summed E-state index contributed by atoms with van der Waals surface area (Å²) < 4.78 is 14.4. The molecule has 2 atom stereocenters. The Morgan fingerprint density at radius 2 is 1.97 bits per heavy atom. The van der Waals surface area contributed by atoms with Crippen molar-refractivity contribution in [1.29, 1.82) is 0 Å². The van der Waals surface area contributed by atoms with Gasteiger partial charge in [-0.3, -0.25) is 14.8 Å². The van der Waals surface area contributed by atoms with E-state index in [0.29, 0.717) is 11.3 Å². The van der Waals surface area contributed by atoms with Crippen LogP contribution in [0.4, 0.5) is 15.8 Å². The number of H-pyrrole nitrogens is 1. The maximum atomic E-state index is 14.4. The third-order valence-corrected chi connectivity index (χ3v) is 6.91. The van der Waals surface area contributed by atoms with Crippen LogP contribution in [-0.2, 0) is 6.42 Å². The fraction of sp³-hybridized carbons (Fsp3) is 0.286. The number of fused-ring (bicyclic) bond motifs is 1. The fourth-order valence-electron chi connectivity index (χ4n) is 4.92. The van der Waals surface area contributed by atoms with Crippen molar-refractivity contribution < 1.29 is 9.18 Å². The lowest BCUT2D eigenvalue weighted by atomic mass is 9.93. The number of nitrogens with zero attached hydrogens (tertiary/aromatic N) is 2. The van der Waals surface area contributed by atoms with Crippen molar-refractivity contribution in [3.05, 3.63) is 89.4 Å². The minimum Gasteiger partial charge on any atom is -0.353 e. The molecule has 180 valence electrons. The number of hydrogen-bond donors (Lipinski definition) is 3. The molecule has 35 heavy (non-hydrogen) atoms. The highest BCUT2D eigenvalue weighted by Gasteiger charge is 2.30. The van der Waals surface area contributed by atoms with Gasteiger partial charge in [-0.1, -0.05) is 37.3 Å². The Kier molecular flexibility index (Phi) is 6.51. The number of nitrogens with one attached hydrogen (secondary N) is 3. The number of aromatic nitrogens is 2. The summed E-state index contributed by atoms with van der Waals surface area (Å²) in [6.45, 7) is 2.89. The molecular formula is C28H30FN5O. The smallest absolute Gasteiger partial charge is 0.251 e. The number of aromatic amines is 1. The van der Waals surface area contributed by atoms with Crippen molar-refractivity contribution in [2.75, 3.05) is 18.9 Å². The van der Waals surface area contributed by atoms with Crippen molar-refractivity contribution in [2.24, 2.45) is 0 Å². The van der Waals surface area contributed by atoms with Crippen molar-refractivity contribution in [3.63, 3.8) is 0 Å². The van der Waals surface area contributed by atoms with E-state index in [2.05, 4.69) is 32.8 Å². The molecule has 1 aliphatic heterocycles. The molecule has 1 aromatic heterocycles. The number of carbonyl (C=O) groups excluding carboxylic acids is 1. The van der Waals surface area contributed by atoms with Crippen LogP contribution in [-0.4, -0.2) is 40.6 Å². The van der Waals surface area contributed by atoms with Crippen LogP contribution in [0.2, 0.25) is 0 Å². The van der Waals surface area contributed by atoms with Gasteiger partial charge in [0.2, 0.25) is 0 Å². The van der Waals surface area contributed by atoms with Crippen molar-refractivity contribution in [2.45, 2.75) is 38.3 Å². The van der Waals surface area contributed by atoms with Gasteiger partial charge in [-0.15, -0.1) is 0 Å². The summed E-state index contributed by atoms with van der Waals surface area (Å²) in [5.74, 6) is -0.303. The first-order chi connectivity index (χ1) is 17.0. The third kappa shape index (κ3) is 4.77. The van der Waals surface area contributed by atoms with Crippen LogP contribution < -0.4 is 10.6 Å². The predicted octanol–water partition coefficient (Wildman–Crippen LogP) is 5.57. The van der Waals surface area contributed by atoms with E-state index in [0.717, 1.165) is 53.7 Å². The molecule has 3 aromatic carbocycles. The summed E-state index contributed by atoms with van der Waals surface area (Å²) in [5, 5.41) is 15.3. The number of piperidine rings is 1. The van der Waals surface area contributed by atoms with Gasteiger partial charge in [-0.2, -0.15) is 5.10 Å². The molecule has 1 amide bonds. The molecule has 1 fully saturated rings. The van der Waals surface area contributed by atoms with Gasteiger partial charge in [0.05, 0.1) is 22.9 Å². The number of aryl methyl sites for hydroxylation is 1. The minimum atomic E-state index is -0.264. The van der Waals surface area contributed by atoms with Crippen LogP contribution in [0.3, 0.4) is 0 Å². The number of halogens is 1. The Balaban J connectivity index is 1.35. The van der Waals surface area contributed by atoms with Crippen LogP contribution in [0.5, 0.6) is 0 Å². The van der Waals surface area contributed by atoms with Crippen LogP contribution >= 0.6 is 0 Å². The molecule has 4 aromatic rings. The molecule has 2 heterocycles. The lowest BCUT2D eigenvalue weighted by Crippen LogP contribution is -2.45. The van der Waals surface area contributed by atoms with Gasteiger partial charge in [0, 0.05) is 29.2 Å². The van der Waals surface area contributed by atoms with Crippen LogP contribution in [0.15, 0.2) is 66.7 Å². The summed E-state index contributed by atoms with van der Waals surface area (Å²) in [6.07, 6.45) is 2.43. The highest BCUT2D eigenvalue weighted by molar-refractivity contribution is 5.94. The van der Waals surface area contributed by atoms with Gasteiger partial charge >= 0.3 is 0 Å². The maximum Gasteiger partial charge on any atom is 0.251 e. The van der Waals surface area contributed by atoms with Gasteiger partial charge in [0.15, 0.2) is 0 Å². The van der Waals surface area contributed by atoms with E-state index in [-0.39, 0.29) is 23.8 Å². The molecule has 0 saturated carbocycles. The molecular weight excluding hydrogens is 441 g/mol. The molecule has 3 N–H and O–H groups in total. The first-order valence-electron chi connectivity index (χ1n) is 12.1. The summed E-state index contributed by atoms with van der Waals surface area (Å²) in [4.78, 5) is 15.0. The maximum absolute atomic E-state index is 14.4. The first-order valence-corrected chi connectivity index (χ1v) is 12.1. The summed E-state index contributed by atoms with van der Waals surface area (Å²) in [7, 11) is 2.10. The topological polar surface area (TPSA) is 73.0 Å². The van der Waals surface area contributed by atoms with Crippen molar-refractivity contribution in [1.82, 2.24) is 20.4 Å². The Labute approximate surface area is 204 Å². The number of benzene rings is 3. The van der Waals surface area contributed by atoms with E-state index in [1.54, 1.807) is 6.07 Å². The number of hydrogen-bond acceptors (Lipinski definition) is 4. The van der Waals surface area contributed by atoms with E-state index < -0.39 is 0 Å². The zero-order chi connectivity index (χ0) is 24.4. The van der Waals surface area contributed by atoms with Crippen LogP contribution in [0, 0.1) is 5.82 Å². The van der Waals surface area contributed by atoms with Gasteiger partial charge in [0.1, 0.15) is 5.82 Å². The number of carbonyl (C=O) groups is 1. The second-order valence-electron chi connectivity index (χ2n) is 9.18. The number of para-hydroxylation sites is 1. The van der Waals surface area contributed by atoms with Crippen LogP contribution in [0.1, 0.15) is 47.4 Å². The number of likely N-dealkylation sites (tertiary alicyclic amines) is 1. The largest absolute Gasteiger partial charge is 0.353 e. The zero-order valence-electron chi connectivity index (χ0n) is 20.0. The predicted molar refractivity (Wildman–Crippen MR) is 137 cm³/mol. The lowest BCUT2D eigenvalue weighted by Gasteiger charge is -2.37. The van der Waals surface area contributed by atoms with E-state index in [4.69, 9.17) is 0 Å². The minimum absolute atomic E-state index is 0.0383. The monoisotopic (exact) mass is 471 g/mol. The Bertz CT molecular complexity index is 1340. The van der Waals surface area contributed by atoms with Crippen molar-refractivity contribution in [3.8, 4) is 0 Å². The van der Waals surface area contributed by atoms with E-state index in [1.165, 1.54) is 6.07 Å². The van der Waals surface area contributed by atoms with Gasteiger partial charge in [0.25, 0.3) is 5.91 Å². The lowest BCUT2D eigenvalue weighted by molar-refractivity contribution is 0.0887. The molecule has 0 bridgehead atoms. The fourth-order valence-corrected chi connectivity index (χ4v) is 4.92. The highest BCUT2D eigenvalue weighted by atomic mass is 19.1. The number of rotatable bonds is 6.